The maximum absolute atomic E-state index is 4.10. The van der Waals surface area contributed by atoms with Crippen molar-refractivity contribution in [1.82, 2.24) is 0 Å². The Labute approximate surface area is 91.4 Å². The van der Waals surface area contributed by atoms with Gasteiger partial charge in [0.2, 0.25) is 0 Å². The third kappa shape index (κ3) is 3.59. The van der Waals surface area contributed by atoms with E-state index in [9.17, 15) is 0 Å². The quantitative estimate of drug-likeness (QED) is 0.702. The molecule has 0 fully saturated rings. The summed E-state index contributed by atoms with van der Waals surface area (Å²) in [6.07, 6.45) is 0. The zero-order chi connectivity index (χ0) is 10.6. The molecule has 1 heteroatoms. The molecule has 0 aliphatic rings. The molecular formula is C13H18S. The number of benzene rings is 1. The van der Waals surface area contributed by atoms with Gasteiger partial charge in [-0.1, -0.05) is 57.7 Å². The third-order valence-electron chi connectivity index (χ3n) is 2.09. The Morgan fingerprint density at radius 3 is 2.29 bits per heavy atom. The van der Waals surface area contributed by atoms with Crippen molar-refractivity contribution in [3.8, 4) is 0 Å². The third-order valence-corrected chi connectivity index (χ3v) is 3.53. The van der Waals surface area contributed by atoms with Gasteiger partial charge in [-0.25, -0.2) is 0 Å². The minimum Gasteiger partial charge on any atom is -0.126 e. The van der Waals surface area contributed by atoms with Crippen LogP contribution in [0.4, 0.5) is 0 Å². The van der Waals surface area contributed by atoms with Crippen LogP contribution in [0.15, 0.2) is 41.8 Å². The van der Waals surface area contributed by atoms with E-state index in [4.69, 9.17) is 0 Å². The van der Waals surface area contributed by atoms with Crippen LogP contribution in [0.1, 0.15) is 26.3 Å². The van der Waals surface area contributed by atoms with E-state index >= 15 is 0 Å². The Morgan fingerprint density at radius 2 is 1.79 bits per heavy atom. The Morgan fingerprint density at radius 1 is 1.21 bits per heavy atom. The minimum absolute atomic E-state index is 0.208. The summed E-state index contributed by atoms with van der Waals surface area (Å²) < 4.78 is 0. The summed E-state index contributed by atoms with van der Waals surface area (Å²) in [5.74, 6) is 1.02. The SMILES string of the molecule is C=C(SCc1ccccc1)C(C)(C)C. The molecule has 0 nitrogen and oxygen atoms in total. The first-order valence-electron chi connectivity index (χ1n) is 4.86. The molecule has 0 saturated heterocycles. The molecule has 0 bridgehead atoms. The highest BCUT2D eigenvalue weighted by Crippen LogP contribution is 2.34. The standard InChI is InChI=1S/C13H18S/c1-11(13(2,3)4)14-10-12-8-6-5-7-9-12/h5-9H,1,10H2,2-4H3. The largest absolute Gasteiger partial charge is 0.126 e. The van der Waals surface area contributed by atoms with Crippen LogP contribution in [0.3, 0.4) is 0 Å². The Balaban J connectivity index is 2.46. The number of allylic oxidation sites excluding steroid dienone is 1. The van der Waals surface area contributed by atoms with E-state index < -0.39 is 0 Å². The molecule has 14 heavy (non-hydrogen) atoms. The van der Waals surface area contributed by atoms with E-state index in [0.717, 1.165) is 5.75 Å². The summed E-state index contributed by atoms with van der Waals surface area (Å²) >= 11 is 1.84. The van der Waals surface area contributed by atoms with E-state index in [1.165, 1.54) is 10.5 Å². The molecule has 1 aromatic carbocycles. The smallest absolute Gasteiger partial charge is 0.0228 e. The van der Waals surface area contributed by atoms with E-state index in [0.29, 0.717) is 0 Å². The van der Waals surface area contributed by atoms with Crippen LogP contribution in [0.5, 0.6) is 0 Å². The second-order valence-corrected chi connectivity index (χ2v) is 5.52. The molecule has 0 N–H and O–H groups in total. The van der Waals surface area contributed by atoms with Gasteiger partial charge in [-0.15, -0.1) is 11.8 Å². The summed E-state index contributed by atoms with van der Waals surface area (Å²) in [5.41, 5.74) is 1.57. The topological polar surface area (TPSA) is 0 Å². The first kappa shape index (κ1) is 11.4. The molecule has 0 radical (unpaired) electrons. The summed E-state index contributed by atoms with van der Waals surface area (Å²) in [5, 5.41) is 0. The normalized spacial score (nSPS) is 11.4. The molecule has 0 amide bonds. The van der Waals surface area contributed by atoms with E-state index in [1.54, 1.807) is 0 Å². The predicted molar refractivity (Wildman–Crippen MR) is 66.3 cm³/mol. The lowest BCUT2D eigenvalue weighted by Gasteiger charge is -2.20. The fourth-order valence-corrected chi connectivity index (χ4v) is 1.93. The molecule has 0 unspecified atom stereocenters. The highest BCUT2D eigenvalue weighted by molar-refractivity contribution is 8.02. The molecule has 0 saturated carbocycles. The number of hydrogen-bond donors (Lipinski definition) is 0. The van der Waals surface area contributed by atoms with Gasteiger partial charge in [0.15, 0.2) is 0 Å². The van der Waals surface area contributed by atoms with Crippen molar-refractivity contribution < 1.29 is 0 Å². The Hall–Kier alpha value is -0.690. The number of hydrogen-bond acceptors (Lipinski definition) is 1. The van der Waals surface area contributed by atoms with Gasteiger partial charge in [0.05, 0.1) is 0 Å². The summed E-state index contributed by atoms with van der Waals surface area (Å²) in [4.78, 5) is 1.25. The molecule has 1 aromatic rings. The fourth-order valence-electron chi connectivity index (χ4n) is 0.961. The number of rotatable bonds is 3. The van der Waals surface area contributed by atoms with Gasteiger partial charge >= 0.3 is 0 Å². The lowest BCUT2D eigenvalue weighted by Crippen LogP contribution is -2.05. The monoisotopic (exact) mass is 206 g/mol. The average molecular weight is 206 g/mol. The highest BCUT2D eigenvalue weighted by Gasteiger charge is 2.14. The van der Waals surface area contributed by atoms with Crippen LogP contribution >= 0.6 is 11.8 Å². The molecule has 76 valence electrons. The Bertz CT molecular complexity index is 293. The van der Waals surface area contributed by atoms with Crippen LogP contribution in [0, 0.1) is 5.41 Å². The van der Waals surface area contributed by atoms with E-state index in [-0.39, 0.29) is 5.41 Å². The molecule has 0 aliphatic carbocycles. The lowest BCUT2D eigenvalue weighted by atomic mass is 9.97. The van der Waals surface area contributed by atoms with Crippen molar-refractivity contribution in [2.75, 3.05) is 0 Å². The first-order chi connectivity index (χ1) is 6.50. The van der Waals surface area contributed by atoms with Crippen molar-refractivity contribution in [3.05, 3.63) is 47.4 Å². The second-order valence-electron chi connectivity index (χ2n) is 4.45. The molecule has 0 atom stereocenters. The molecular weight excluding hydrogens is 188 g/mol. The van der Waals surface area contributed by atoms with Crippen LogP contribution in [0.25, 0.3) is 0 Å². The molecule has 0 heterocycles. The predicted octanol–water partition coefficient (Wildman–Crippen LogP) is 4.48. The second kappa shape index (κ2) is 4.70. The average Bonchev–Trinajstić information content (AvgIpc) is 2.14. The molecule has 0 spiro atoms. The maximum atomic E-state index is 4.10. The van der Waals surface area contributed by atoms with Gasteiger partial charge in [0.1, 0.15) is 0 Å². The lowest BCUT2D eigenvalue weighted by molar-refractivity contribution is 0.535. The van der Waals surface area contributed by atoms with Gasteiger partial charge in [-0.05, 0) is 15.9 Å². The maximum Gasteiger partial charge on any atom is 0.0228 e. The first-order valence-corrected chi connectivity index (χ1v) is 5.85. The van der Waals surface area contributed by atoms with Gasteiger partial charge in [-0.2, -0.15) is 0 Å². The highest BCUT2D eigenvalue weighted by atomic mass is 32.2. The van der Waals surface area contributed by atoms with Crippen LogP contribution in [-0.2, 0) is 5.75 Å². The van der Waals surface area contributed by atoms with Crippen molar-refractivity contribution in [2.24, 2.45) is 5.41 Å². The van der Waals surface area contributed by atoms with Gasteiger partial charge < -0.3 is 0 Å². The van der Waals surface area contributed by atoms with Crippen LogP contribution in [-0.4, -0.2) is 0 Å². The van der Waals surface area contributed by atoms with E-state index in [2.05, 4.69) is 51.6 Å². The van der Waals surface area contributed by atoms with E-state index in [1.807, 2.05) is 17.8 Å². The van der Waals surface area contributed by atoms with Gasteiger partial charge in [0, 0.05) is 5.75 Å². The summed E-state index contributed by atoms with van der Waals surface area (Å²) in [7, 11) is 0. The van der Waals surface area contributed by atoms with Crippen molar-refractivity contribution in [2.45, 2.75) is 26.5 Å². The fraction of sp³-hybridized carbons (Fsp3) is 0.385. The zero-order valence-corrected chi connectivity index (χ0v) is 10.0. The summed E-state index contributed by atoms with van der Waals surface area (Å²) in [6.45, 7) is 10.7. The van der Waals surface area contributed by atoms with Gasteiger partial charge in [0.25, 0.3) is 0 Å². The molecule has 1 rings (SSSR count). The number of thioether (sulfide) groups is 1. The summed E-state index contributed by atoms with van der Waals surface area (Å²) in [6, 6.07) is 10.5. The molecule has 0 aliphatic heterocycles. The zero-order valence-electron chi connectivity index (χ0n) is 9.21. The van der Waals surface area contributed by atoms with Crippen molar-refractivity contribution in [1.29, 1.82) is 0 Å². The minimum atomic E-state index is 0.208. The van der Waals surface area contributed by atoms with Crippen molar-refractivity contribution >= 4 is 11.8 Å². The Kier molecular flexibility index (Phi) is 3.82. The van der Waals surface area contributed by atoms with Crippen LogP contribution < -0.4 is 0 Å². The molecule has 0 aromatic heterocycles. The van der Waals surface area contributed by atoms with Crippen molar-refractivity contribution in [3.63, 3.8) is 0 Å². The van der Waals surface area contributed by atoms with Crippen LogP contribution in [0.2, 0.25) is 0 Å². The van der Waals surface area contributed by atoms with Gasteiger partial charge in [-0.3, -0.25) is 0 Å².